The highest BCUT2D eigenvalue weighted by molar-refractivity contribution is 8.01. The molecular weight excluding hydrogens is 603 g/mol. The second-order valence-corrected chi connectivity index (χ2v) is 14.1. The molecule has 3 heterocycles. The third kappa shape index (κ3) is 8.32. The lowest BCUT2D eigenvalue weighted by molar-refractivity contribution is -0.159. The molecule has 222 valence electrons. The maximum atomic E-state index is 13.3. The number of rotatable bonds is 11. The molecule has 0 saturated carbocycles. The van der Waals surface area contributed by atoms with Gasteiger partial charge in [0.15, 0.2) is 9.84 Å². The van der Waals surface area contributed by atoms with E-state index >= 15 is 0 Å². The molecule has 0 aromatic carbocycles. The lowest BCUT2D eigenvalue weighted by Crippen LogP contribution is -2.71. The predicted octanol–water partition coefficient (Wildman–Crippen LogP) is -0.101. The number of esters is 1. The summed E-state index contributed by atoms with van der Waals surface area (Å²) in [5, 5.41) is 14.4. The number of β-lactam (4-membered cyclic amide) rings is 1. The molecule has 2 aliphatic heterocycles. The first-order valence-corrected chi connectivity index (χ1v) is 15.3. The van der Waals surface area contributed by atoms with E-state index in [9.17, 15) is 40.8 Å². The fraction of sp³-hybridized carbons (Fsp3) is 0.650. The maximum absolute atomic E-state index is 13.3. The van der Waals surface area contributed by atoms with Crippen molar-refractivity contribution in [2.24, 2.45) is 5.73 Å². The van der Waals surface area contributed by atoms with Crippen molar-refractivity contribution in [1.29, 1.82) is 0 Å². The molecule has 1 aromatic rings. The number of carbonyl (C=O) groups excluding carboxylic acids is 4. The summed E-state index contributed by atoms with van der Waals surface area (Å²) in [7, 11) is -4.83. The quantitative estimate of drug-likeness (QED) is 0.167. The smallest absolute Gasteiger partial charge is 0.402 e. The molecule has 3 amide bonds. The van der Waals surface area contributed by atoms with E-state index in [-0.39, 0.29) is 29.4 Å². The van der Waals surface area contributed by atoms with Crippen LogP contribution in [0.4, 0.5) is 13.2 Å². The lowest BCUT2D eigenvalue weighted by atomic mass is 9.99. The van der Waals surface area contributed by atoms with E-state index in [4.69, 9.17) is 10.5 Å². The minimum Gasteiger partial charge on any atom is -0.455 e. The van der Waals surface area contributed by atoms with Gasteiger partial charge < -0.3 is 15.8 Å². The van der Waals surface area contributed by atoms with Gasteiger partial charge >= 0.3 is 12.1 Å². The van der Waals surface area contributed by atoms with E-state index in [1.807, 2.05) is 0 Å². The fourth-order valence-electron chi connectivity index (χ4n) is 3.83. The van der Waals surface area contributed by atoms with Crippen LogP contribution in [0.1, 0.15) is 33.6 Å². The fourth-order valence-corrected chi connectivity index (χ4v) is 7.45. The predicted molar refractivity (Wildman–Crippen MR) is 135 cm³/mol. The number of aromatic amines is 1. The molecule has 0 radical (unpaired) electrons. The summed E-state index contributed by atoms with van der Waals surface area (Å²) in [6.45, 7) is 4.84. The van der Waals surface area contributed by atoms with Crippen molar-refractivity contribution < 1.29 is 45.5 Å². The minimum atomic E-state index is -5.03. The number of hydrogen-bond donors (Lipinski definition) is 3. The molecule has 2 unspecified atom stereocenters. The van der Waals surface area contributed by atoms with Crippen LogP contribution >= 0.6 is 23.5 Å². The number of nitrogens with two attached hydrogens (primary N) is 1. The van der Waals surface area contributed by atoms with Crippen LogP contribution in [0.5, 0.6) is 0 Å². The third-order valence-electron chi connectivity index (χ3n) is 5.26. The Hall–Kier alpha value is -2.87. The average Bonchev–Trinajstić information content (AvgIpc) is 3.29. The van der Waals surface area contributed by atoms with Crippen molar-refractivity contribution in [2.45, 2.75) is 67.2 Å². The molecular formula is C20H26F3N7O7S3. The van der Waals surface area contributed by atoms with Crippen molar-refractivity contribution in [3.05, 3.63) is 11.3 Å². The first-order chi connectivity index (χ1) is 18.4. The lowest BCUT2D eigenvalue weighted by Gasteiger charge is -2.50. The normalized spacial score (nSPS) is 20.4. The monoisotopic (exact) mass is 629 g/mol. The Morgan fingerprint density at radius 1 is 1.30 bits per heavy atom. The number of nitrogens with zero attached hydrogens (tertiary/aromatic N) is 4. The van der Waals surface area contributed by atoms with E-state index in [1.54, 1.807) is 20.8 Å². The van der Waals surface area contributed by atoms with Crippen molar-refractivity contribution in [3.63, 3.8) is 0 Å². The molecule has 4 N–H and O–H groups in total. The molecule has 1 saturated heterocycles. The Bertz CT molecular complexity index is 1300. The number of carbonyl (C=O) groups is 4. The number of fused-ring (bicyclic) bond motifs is 1. The molecule has 1 fully saturated rings. The second-order valence-electron chi connectivity index (χ2n) is 9.78. The first kappa shape index (κ1) is 31.7. The first-order valence-electron chi connectivity index (χ1n) is 11.5. The molecule has 0 bridgehead atoms. The topological polar surface area (TPSA) is 207 Å². The number of halogens is 3. The molecule has 14 nitrogen and oxygen atoms in total. The summed E-state index contributed by atoms with van der Waals surface area (Å²) >= 11 is 2.18. The number of tetrazole rings is 1. The molecule has 20 heteroatoms. The number of ether oxygens (including phenoxy) is 1. The highest BCUT2D eigenvalue weighted by atomic mass is 32.2. The Balaban J connectivity index is 1.89. The third-order valence-corrected chi connectivity index (χ3v) is 9.22. The van der Waals surface area contributed by atoms with Gasteiger partial charge in [-0.05, 0) is 38.0 Å². The van der Waals surface area contributed by atoms with Crippen LogP contribution in [0.25, 0.3) is 0 Å². The summed E-state index contributed by atoms with van der Waals surface area (Å²) in [5.41, 5.74) is 4.63. The van der Waals surface area contributed by atoms with Gasteiger partial charge in [-0.3, -0.25) is 19.3 Å². The van der Waals surface area contributed by atoms with E-state index in [1.165, 1.54) is 0 Å². The van der Waals surface area contributed by atoms with Gasteiger partial charge in [-0.1, -0.05) is 11.8 Å². The van der Waals surface area contributed by atoms with Gasteiger partial charge in [0.1, 0.15) is 34.2 Å². The van der Waals surface area contributed by atoms with Crippen molar-refractivity contribution in [2.75, 3.05) is 17.3 Å². The van der Waals surface area contributed by atoms with Crippen molar-refractivity contribution >= 4 is 57.1 Å². The minimum absolute atomic E-state index is 0.0757. The largest absolute Gasteiger partial charge is 0.455 e. The summed E-state index contributed by atoms with van der Waals surface area (Å²) in [6, 6.07) is -1.30. The number of primary amides is 1. The zero-order valence-electron chi connectivity index (χ0n) is 21.4. The van der Waals surface area contributed by atoms with Crippen LogP contribution in [0.3, 0.4) is 0 Å². The average molecular weight is 630 g/mol. The molecule has 0 aliphatic carbocycles. The highest BCUT2D eigenvalue weighted by Gasteiger charge is 2.55. The summed E-state index contributed by atoms with van der Waals surface area (Å²) in [4.78, 5) is 51.4. The SMILES string of the molecule is CC(C)(C)OC(=O)C1=C(C(CCC(N)=O)Sc2nn[nH]n2)CS[C@@H]2C(NC(=O)CS(=O)(=O)CC(F)(F)F)C(=O)N12. The van der Waals surface area contributed by atoms with Crippen LogP contribution in [-0.2, 0) is 33.8 Å². The number of nitrogens with one attached hydrogen (secondary N) is 2. The van der Waals surface area contributed by atoms with Gasteiger partial charge in [0.25, 0.3) is 5.91 Å². The van der Waals surface area contributed by atoms with Gasteiger partial charge in [0, 0.05) is 17.4 Å². The molecule has 40 heavy (non-hydrogen) atoms. The number of thioether (sulfide) groups is 2. The van der Waals surface area contributed by atoms with Crippen LogP contribution in [-0.4, -0.2) is 103 Å². The van der Waals surface area contributed by atoms with Crippen molar-refractivity contribution in [1.82, 2.24) is 30.8 Å². The van der Waals surface area contributed by atoms with Gasteiger partial charge in [-0.25, -0.2) is 13.2 Å². The van der Waals surface area contributed by atoms with Crippen LogP contribution in [0.15, 0.2) is 16.4 Å². The number of hydrogen-bond acceptors (Lipinski definition) is 12. The standard InChI is InChI=1S/C20H26F3N7O7S3/c1-19(2,3)37-17(34)14-9(10(4-5-11(24)31)39-18-26-28-29-27-18)6-38-16-13(15(33)30(14)16)25-12(32)7-40(35,36)8-20(21,22)23/h10,13,16H,4-8H2,1-3H3,(H2,24,31)(H,25,32)(H,26,27,28,29)/t10?,13?,16-/m1/s1. The summed E-state index contributed by atoms with van der Waals surface area (Å²) in [5.74, 6) is -7.10. The Labute approximate surface area is 234 Å². The Kier molecular flexibility index (Phi) is 9.44. The van der Waals surface area contributed by atoms with Gasteiger partial charge in [0.05, 0.1) is 0 Å². The van der Waals surface area contributed by atoms with Gasteiger partial charge in [0.2, 0.25) is 17.0 Å². The number of aromatic nitrogens is 4. The van der Waals surface area contributed by atoms with Crippen LogP contribution in [0.2, 0.25) is 0 Å². The van der Waals surface area contributed by atoms with E-state index in [0.717, 1.165) is 28.4 Å². The Morgan fingerprint density at radius 2 is 1.98 bits per heavy atom. The van der Waals surface area contributed by atoms with Gasteiger partial charge in [-0.15, -0.1) is 22.0 Å². The number of H-pyrrole nitrogens is 1. The number of alkyl halides is 3. The Morgan fingerprint density at radius 3 is 2.52 bits per heavy atom. The van der Waals surface area contributed by atoms with Crippen LogP contribution in [0, 0.1) is 0 Å². The molecule has 2 aliphatic rings. The maximum Gasteiger partial charge on any atom is 0.402 e. The number of amides is 3. The molecule has 3 atom stereocenters. The number of sulfone groups is 1. The van der Waals surface area contributed by atoms with E-state index < -0.39 is 73.5 Å². The molecule has 0 spiro atoms. The zero-order valence-corrected chi connectivity index (χ0v) is 23.8. The van der Waals surface area contributed by atoms with E-state index in [2.05, 4.69) is 25.9 Å². The van der Waals surface area contributed by atoms with Crippen molar-refractivity contribution in [3.8, 4) is 0 Å². The highest BCUT2D eigenvalue weighted by Crippen LogP contribution is 2.45. The van der Waals surface area contributed by atoms with E-state index in [0.29, 0.717) is 5.57 Å². The molecule has 3 rings (SSSR count). The van der Waals surface area contributed by atoms with Crippen LogP contribution < -0.4 is 11.1 Å². The summed E-state index contributed by atoms with van der Waals surface area (Å²) < 4.78 is 66.6. The van der Waals surface area contributed by atoms with Gasteiger partial charge in [-0.2, -0.15) is 18.4 Å². The zero-order chi connectivity index (χ0) is 30.0. The molecule has 1 aromatic heterocycles. The second kappa shape index (κ2) is 11.9. The summed E-state index contributed by atoms with van der Waals surface area (Å²) in [6.07, 6.45) is -4.97.